The fourth-order valence-corrected chi connectivity index (χ4v) is 3.91. The summed E-state index contributed by atoms with van der Waals surface area (Å²) in [5, 5.41) is 3.89. The number of halogens is 1. The van der Waals surface area contributed by atoms with E-state index in [1.54, 1.807) is 25.4 Å². The molecule has 2 amide bonds. The molecule has 0 saturated carbocycles. The maximum Gasteiger partial charge on any atom is 0.255 e. The minimum Gasteiger partial charge on any atom is -0.496 e. The van der Waals surface area contributed by atoms with E-state index >= 15 is 0 Å². The van der Waals surface area contributed by atoms with Gasteiger partial charge >= 0.3 is 0 Å². The van der Waals surface area contributed by atoms with Crippen molar-refractivity contribution in [2.24, 2.45) is 11.7 Å². The van der Waals surface area contributed by atoms with Crippen molar-refractivity contribution >= 4 is 22.6 Å². The number of nitrogens with one attached hydrogen (secondary N) is 1. The number of pyridine rings is 1. The molecular weight excluding hydrogens is 441 g/mol. The first-order chi connectivity index (χ1) is 16.1. The van der Waals surface area contributed by atoms with Crippen LogP contribution in [0.3, 0.4) is 0 Å². The number of nitrogens with zero attached hydrogens (tertiary/aromatic N) is 1. The summed E-state index contributed by atoms with van der Waals surface area (Å²) >= 11 is 0. The van der Waals surface area contributed by atoms with Crippen LogP contribution < -0.4 is 20.5 Å². The zero-order chi connectivity index (χ0) is 25.0. The maximum absolute atomic E-state index is 14.1. The Balaban J connectivity index is 1.96. The third-order valence-corrected chi connectivity index (χ3v) is 6.05. The molecule has 1 aromatic carbocycles. The van der Waals surface area contributed by atoms with Crippen molar-refractivity contribution < 1.29 is 28.2 Å². The molecular formula is C25H30FN3O5. The second kappa shape index (κ2) is 10.3. The quantitative estimate of drug-likeness (QED) is 0.573. The molecule has 8 nitrogen and oxygen atoms in total. The molecule has 9 heteroatoms. The molecule has 1 aromatic heterocycles. The van der Waals surface area contributed by atoms with Crippen LogP contribution in [0.4, 0.5) is 4.39 Å². The average molecular weight is 472 g/mol. The van der Waals surface area contributed by atoms with E-state index in [1.165, 1.54) is 7.11 Å². The Hall–Kier alpha value is -3.38. The van der Waals surface area contributed by atoms with Gasteiger partial charge in [-0.3, -0.25) is 9.59 Å². The van der Waals surface area contributed by atoms with Crippen LogP contribution in [0.1, 0.15) is 49.5 Å². The Morgan fingerprint density at radius 1 is 1.29 bits per heavy atom. The Morgan fingerprint density at radius 2 is 2.03 bits per heavy atom. The number of amides is 2. The minimum absolute atomic E-state index is 0.203. The summed E-state index contributed by atoms with van der Waals surface area (Å²) in [4.78, 5) is 28.1. The number of fused-ring (bicyclic) bond motifs is 1. The van der Waals surface area contributed by atoms with Crippen molar-refractivity contribution in [3.8, 4) is 23.5 Å². The highest BCUT2D eigenvalue weighted by Crippen LogP contribution is 2.33. The van der Waals surface area contributed by atoms with Crippen molar-refractivity contribution in [1.82, 2.24) is 10.3 Å². The van der Waals surface area contributed by atoms with Gasteiger partial charge in [0, 0.05) is 42.5 Å². The van der Waals surface area contributed by atoms with E-state index in [0.717, 1.165) is 0 Å². The van der Waals surface area contributed by atoms with E-state index < -0.39 is 23.6 Å². The third kappa shape index (κ3) is 5.23. The number of alkyl halides is 1. The number of carbonyl (C=O) groups excluding carboxylic acids is 2. The molecule has 182 valence electrons. The minimum atomic E-state index is -1.50. The number of nitrogens with two attached hydrogens (primary N) is 1. The van der Waals surface area contributed by atoms with E-state index in [9.17, 15) is 14.0 Å². The highest BCUT2D eigenvalue weighted by atomic mass is 19.1. The van der Waals surface area contributed by atoms with Crippen molar-refractivity contribution in [1.29, 1.82) is 0 Å². The number of rotatable bonds is 8. The number of methoxy groups -OCH3 is 2. The van der Waals surface area contributed by atoms with E-state index in [-0.39, 0.29) is 29.9 Å². The SMILES string of the molecule is CC[C@@H]1[C@H](F)C(=O)N[C@@H]1CCOc1ncc(C#CC(C)(C)OC)c2cc(C(N)=O)c(OC)cc12. The lowest BCUT2D eigenvalue weighted by Gasteiger charge is -2.18. The number of primary amides is 1. The molecule has 3 rings (SSSR count). The molecule has 1 fully saturated rings. The highest BCUT2D eigenvalue weighted by Gasteiger charge is 2.41. The molecule has 34 heavy (non-hydrogen) atoms. The summed E-state index contributed by atoms with van der Waals surface area (Å²) in [6.07, 6.45) is 1.02. The van der Waals surface area contributed by atoms with Gasteiger partial charge in [0.2, 0.25) is 5.88 Å². The van der Waals surface area contributed by atoms with Gasteiger partial charge in [-0.2, -0.15) is 0 Å². The van der Waals surface area contributed by atoms with Crippen molar-refractivity contribution in [3.63, 3.8) is 0 Å². The zero-order valence-electron chi connectivity index (χ0n) is 20.0. The summed E-state index contributed by atoms with van der Waals surface area (Å²) in [7, 11) is 3.01. The molecule has 3 N–H and O–H groups in total. The molecule has 2 heterocycles. The first-order valence-corrected chi connectivity index (χ1v) is 11.1. The molecule has 2 aromatic rings. The fourth-order valence-electron chi connectivity index (χ4n) is 3.91. The van der Waals surface area contributed by atoms with Gasteiger partial charge in [-0.1, -0.05) is 18.8 Å². The van der Waals surface area contributed by atoms with Gasteiger partial charge in [-0.25, -0.2) is 9.37 Å². The Labute approximate surface area is 198 Å². The lowest BCUT2D eigenvalue weighted by Crippen LogP contribution is -2.30. The molecule has 0 bridgehead atoms. The zero-order valence-corrected chi connectivity index (χ0v) is 20.0. The van der Waals surface area contributed by atoms with Crippen molar-refractivity contribution in [2.45, 2.75) is 51.4 Å². The number of benzene rings is 1. The van der Waals surface area contributed by atoms with Gasteiger partial charge in [-0.05, 0) is 32.4 Å². The van der Waals surface area contributed by atoms with Crippen LogP contribution in [0, 0.1) is 17.8 Å². The van der Waals surface area contributed by atoms with E-state index in [1.807, 2.05) is 20.8 Å². The van der Waals surface area contributed by atoms with E-state index in [4.69, 9.17) is 19.9 Å². The van der Waals surface area contributed by atoms with Crippen LogP contribution in [0.5, 0.6) is 11.6 Å². The van der Waals surface area contributed by atoms with Gasteiger partial charge in [0.25, 0.3) is 11.8 Å². The first kappa shape index (κ1) is 25.2. The summed E-state index contributed by atoms with van der Waals surface area (Å²) in [5.41, 5.74) is 5.63. The van der Waals surface area contributed by atoms with Crippen molar-refractivity contribution in [3.05, 3.63) is 29.5 Å². The van der Waals surface area contributed by atoms with Crippen LogP contribution in [0.15, 0.2) is 18.3 Å². The van der Waals surface area contributed by atoms with Gasteiger partial charge in [0.15, 0.2) is 6.17 Å². The Kier molecular flexibility index (Phi) is 7.62. The molecule has 3 atom stereocenters. The largest absolute Gasteiger partial charge is 0.496 e. The monoisotopic (exact) mass is 471 g/mol. The predicted octanol–water partition coefficient (Wildman–Crippen LogP) is 2.75. The highest BCUT2D eigenvalue weighted by molar-refractivity contribution is 6.03. The second-order valence-corrected chi connectivity index (χ2v) is 8.63. The van der Waals surface area contributed by atoms with Crippen LogP contribution >= 0.6 is 0 Å². The summed E-state index contributed by atoms with van der Waals surface area (Å²) in [6, 6.07) is 2.93. The molecule has 0 radical (unpaired) electrons. The molecule has 0 spiro atoms. The molecule has 1 saturated heterocycles. The van der Waals surface area contributed by atoms with Gasteiger partial charge in [0.1, 0.15) is 11.4 Å². The lowest BCUT2D eigenvalue weighted by atomic mass is 9.94. The van der Waals surface area contributed by atoms with Crippen LogP contribution in [-0.4, -0.2) is 55.4 Å². The van der Waals surface area contributed by atoms with Gasteiger partial charge < -0.3 is 25.3 Å². The van der Waals surface area contributed by atoms with E-state index in [2.05, 4.69) is 22.1 Å². The number of hydrogen-bond acceptors (Lipinski definition) is 6. The number of carbonyl (C=O) groups is 2. The Bertz CT molecular complexity index is 1150. The Morgan fingerprint density at radius 3 is 2.65 bits per heavy atom. The number of hydrogen-bond donors (Lipinski definition) is 2. The molecule has 0 unspecified atom stereocenters. The standard InChI is InChI=1S/C25H30FN3O5/c1-6-15-19(29-23(31)21(15)26)8-10-34-24-17-12-20(32-4)18(22(27)30)11-16(17)14(13-28-24)7-9-25(2,3)33-5/h11-13,15,19,21H,6,8,10H2,1-5H3,(H2,27,30)(H,29,31)/t15-,19+,21-/m0/s1. The molecule has 1 aliphatic rings. The molecule has 1 aliphatic heterocycles. The maximum atomic E-state index is 14.1. The fraction of sp³-hybridized carbons (Fsp3) is 0.480. The number of ether oxygens (including phenoxy) is 3. The number of aromatic nitrogens is 1. The topological polar surface area (TPSA) is 113 Å². The van der Waals surface area contributed by atoms with Crippen LogP contribution in [0.25, 0.3) is 10.8 Å². The normalized spacial score (nSPS) is 19.9. The average Bonchev–Trinajstić information content (AvgIpc) is 3.09. The van der Waals surface area contributed by atoms with E-state index in [0.29, 0.717) is 35.1 Å². The summed E-state index contributed by atoms with van der Waals surface area (Å²) in [5.74, 6) is 5.07. The van der Waals surface area contributed by atoms with Crippen LogP contribution in [0.2, 0.25) is 0 Å². The molecule has 0 aliphatic carbocycles. The van der Waals surface area contributed by atoms with Gasteiger partial charge in [-0.15, -0.1) is 0 Å². The van der Waals surface area contributed by atoms with Crippen molar-refractivity contribution in [2.75, 3.05) is 20.8 Å². The van der Waals surface area contributed by atoms with Crippen LogP contribution in [-0.2, 0) is 9.53 Å². The lowest BCUT2D eigenvalue weighted by molar-refractivity contribution is -0.123. The summed E-state index contributed by atoms with van der Waals surface area (Å²) in [6.45, 7) is 5.72. The predicted molar refractivity (Wildman–Crippen MR) is 125 cm³/mol. The first-order valence-electron chi connectivity index (χ1n) is 11.1. The summed E-state index contributed by atoms with van der Waals surface area (Å²) < 4.78 is 30.7. The smallest absolute Gasteiger partial charge is 0.255 e. The third-order valence-electron chi connectivity index (χ3n) is 6.05. The second-order valence-electron chi connectivity index (χ2n) is 8.63. The van der Waals surface area contributed by atoms with Gasteiger partial charge in [0.05, 0.1) is 24.8 Å².